The summed E-state index contributed by atoms with van der Waals surface area (Å²) in [6.45, 7) is 10.2. The fourth-order valence-electron chi connectivity index (χ4n) is 4.67. The summed E-state index contributed by atoms with van der Waals surface area (Å²) in [6.07, 6.45) is 6.20. The summed E-state index contributed by atoms with van der Waals surface area (Å²) in [5.74, 6) is 0.768. The van der Waals surface area contributed by atoms with E-state index >= 15 is 0 Å². The molecule has 2 aromatic rings. The topological polar surface area (TPSA) is 70.5 Å². The standard InChI is InChI=1S/C24H35N5O2/c1-2-27-14-16-28(17-15-27)12-7-11-25-23(30)19-9-10-20-21(18-19)26-22-8-5-3-4-6-13-29(22)24(20)31/h9-10,18H,2-8,11-17H2,1H3,(H,25,30). The van der Waals surface area contributed by atoms with Gasteiger partial charge >= 0.3 is 0 Å². The third-order valence-corrected chi connectivity index (χ3v) is 6.68. The molecule has 1 fully saturated rings. The van der Waals surface area contributed by atoms with Crippen LogP contribution in [-0.2, 0) is 13.0 Å². The lowest BCUT2D eigenvalue weighted by Gasteiger charge is -2.33. The number of carbonyl (C=O) groups is 1. The molecule has 31 heavy (non-hydrogen) atoms. The van der Waals surface area contributed by atoms with Crippen molar-refractivity contribution in [2.75, 3.05) is 45.8 Å². The van der Waals surface area contributed by atoms with Crippen LogP contribution in [-0.4, -0.2) is 71.1 Å². The molecule has 7 heteroatoms. The number of aryl methyl sites for hydroxylation is 1. The van der Waals surface area contributed by atoms with Gasteiger partial charge in [-0.2, -0.15) is 0 Å². The van der Waals surface area contributed by atoms with Crippen LogP contribution in [0.2, 0.25) is 0 Å². The molecule has 0 atom stereocenters. The zero-order valence-corrected chi connectivity index (χ0v) is 18.7. The molecule has 0 spiro atoms. The molecule has 0 unspecified atom stereocenters. The Morgan fingerprint density at radius 3 is 2.61 bits per heavy atom. The molecule has 1 aromatic carbocycles. The second-order valence-electron chi connectivity index (χ2n) is 8.77. The van der Waals surface area contributed by atoms with Gasteiger partial charge in [0.05, 0.1) is 10.9 Å². The molecule has 4 rings (SSSR count). The number of piperazine rings is 1. The van der Waals surface area contributed by atoms with E-state index < -0.39 is 0 Å². The Morgan fingerprint density at radius 2 is 1.81 bits per heavy atom. The van der Waals surface area contributed by atoms with E-state index in [9.17, 15) is 9.59 Å². The highest BCUT2D eigenvalue weighted by Crippen LogP contribution is 2.16. The van der Waals surface area contributed by atoms with Crippen molar-refractivity contribution in [3.8, 4) is 0 Å². The van der Waals surface area contributed by atoms with Gasteiger partial charge in [0.15, 0.2) is 0 Å². The van der Waals surface area contributed by atoms with Gasteiger partial charge in [0.25, 0.3) is 11.5 Å². The van der Waals surface area contributed by atoms with Gasteiger partial charge in [-0.05, 0) is 50.6 Å². The lowest BCUT2D eigenvalue weighted by Crippen LogP contribution is -2.46. The largest absolute Gasteiger partial charge is 0.352 e. The zero-order chi connectivity index (χ0) is 21.6. The first kappa shape index (κ1) is 22.0. The van der Waals surface area contributed by atoms with Gasteiger partial charge in [0.2, 0.25) is 0 Å². The monoisotopic (exact) mass is 425 g/mol. The smallest absolute Gasteiger partial charge is 0.261 e. The van der Waals surface area contributed by atoms with E-state index in [2.05, 4.69) is 22.0 Å². The minimum atomic E-state index is -0.0913. The van der Waals surface area contributed by atoms with Crippen LogP contribution >= 0.6 is 0 Å². The molecule has 2 aliphatic heterocycles. The molecule has 7 nitrogen and oxygen atoms in total. The fraction of sp³-hybridized carbons (Fsp3) is 0.625. The van der Waals surface area contributed by atoms with Crippen molar-refractivity contribution in [3.63, 3.8) is 0 Å². The Kier molecular flexibility index (Phi) is 7.35. The van der Waals surface area contributed by atoms with Crippen molar-refractivity contribution in [2.24, 2.45) is 0 Å². The summed E-state index contributed by atoms with van der Waals surface area (Å²) in [6, 6.07) is 5.29. The maximum Gasteiger partial charge on any atom is 0.261 e. The minimum absolute atomic E-state index is 0.0250. The SMILES string of the molecule is CCN1CCN(CCCNC(=O)c2ccc3c(=O)n4c(nc3c2)CCCCCC4)CC1. The van der Waals surface area contributed by atoms with Crippen molar-refractivity contribution < 1.29 is 4.79 Å². The van der Waals surface area contributed by atoms with E-state index in [0.717, 1.165) is 83.7 Å². The molecule has 0 aliphatic carbocycles. The van der Waals surface area contributed by atoms with Crippen molar-refractivity contribution in [3.05, 3.63) is 39.9 Å². The van der Waals surface area contributed by atoms with Gasteiger partial charge in [-0.25, -0.2) is 4.98 Å². The molecule has 2 aliphatic rings. The minimum Gasteiger partial charge on any atom is -0.352 e. The third-order valence-electron chi connectivity index (χ3n) is 6.68. The number of aromatic nitrogens is 2. The highest BCUT2D eigenvalue weighted by molar-refractivity contribution is 5.97. The molecule has 1 amide bonds. The van der Waals surface area contributed by atoms with E-state index in [1.54, 1.807) is 18.2 Å². The van der Waals surface area contributed by atoms with Gasteiger partial charge in [-0.3, -0.25) is 14.2 Å². The van der Waals surface area contributed by atoms with E-state index in [4.69, 9.17) is 4.98 Å². The zero-order valence-electron chi connectivity index (χ0n) is 18.7. The summed E-state index contributed by atoms with van der Waals surface area (Å²) < 4.78 is 1.83. The predicted molar refractivity (Wildman–Crippen MR) is 124 cm³/mol. The Labute approximate surface area is 184 Å². The number of rotatable bonds is 6. The van der Waals surface area contributed by atoms with Crippen LogP contribution in [0.5, 0.6) is 0 Å². The Morgan fingerprint density at radius 1 is 1.03 bits per heavy atom. The van der Waals surface area contributed by atoms with Gasteiger partial charge < -0.3 is 15.1 Å². The summed E-state index contributed by atoms with van der Waals surface area (Å²) in [7, 11) is 0. The normalized spacial score (nSPS) is 18.4. The van der Waals surface area contributed by atoms with E-state index in [1.165, 1.54) is 6.42 Å². The number of nitrogens with zero attached hydrogens (tertiary/aromatic N) is 4. The maximum atomic E-state index is 12.9. The van der Waals surface area contributed by atoms with Gasteiger partial charge in [0.1, 0.15) is 5.82 Å². The van der Waals surface area contributed by atoms with Gasteiger partial charge in [0, 0.05) is 51.3 Å². The van der Waals surface area contributed by atoms with E-state index in [-0.39, 0.29) is 11.5 Å². The first-order chi connectivity index (χ1) is 15.2. The lowest BCUT2D eigenvalue weighted by atomic mass is 10.1. The Balaban J connectivity index is 1.36. The maximum absolute atomic E-state index is 12.9. The number of amides is 1. The number of benzene rings is 1. The van der Waals surface area contributed by atoms with Gasteiger partial charge in [-0.1, -0.05) is 19.8 Å². The van der Waals surface area contributed by atoms with Crippen LogP contribution < -0.4 is 10.9 Å². The summed E-state index contributed by atoms with van der Waals surface area (Å²) in [4.78, 5) is 35.3. The summed E-state index contributed by atoms with van der Waals surface area (Å²) in [5.41, 5.74) is 1.24. The molecule has 1 saturated heterocycles. The number of hydrogen-bond acceptors (Lipinski definition) is 5. The lowest BCUT2D eigenvalue weighted by molar-refractivity contribution is 0.0948. The van der Waals surface area contributed by atoms with E-state index in [0.29, 0.717) is 23.0 Å². The quantitative estimate of drug-likeness (QED) is 0.719. The fourth-order valence-corrected chi connectivity index (χ4v) is 4.67. The first-order valence-corrected chi connectivity index (χ1v) is 11.9. The molecule has 0 saturated carbocycles. The van der Waals surface area contributed by atoms with Crippen LogP contribution in [0.4, 0.5) is 0 Å². The number of carbonyl (C=O) groups excluding carboxylic acids is 1. The van der Waals surface area contributed by atoms with Crippen LogP contribution in [0.3, 0.4) is 0 Å². The molecule has 1 N–H and O–H groups in total. The van der Waals surface area contributed by atoms with Crippen LogP contribution in [0.1, 0.15) is 55.2 Å². The van der Waals surface area contributed by atoms with Crippen LogP contribution in [0.25, 0.3) is 10.9 Å². The molecular weight excluding hydrogens is 390 g/mol. The first-order valence-electron chi connectivity index (χ1n) is 11.9. The van der Waals surface area contributed by atoms with Crippen molar-refractivity contribution in [2.45, 2.75) is 52.0 Å². The van der Waals surface area contributed by atoms with Crippen LogP contribution in [0, 0.1) is 0 Å². The second kappa shape index (κ2) is 10.4. The Bertz CT molecular complexity index is 962. The van der Waals surface area contributed by atoms with Crippen molar-refractivity contribution in [1.82, 2.24) is 24.7 Å². The third kappa shape index (κ3) is 5.33. The molecule has 3 heterocycles. The molecule has 1 aromatic heterocycles. The predicted octanol–water partition coefficient (Wildman–Crippen LogP) is 2.27. The average molecular weight is 426 g/mol. The molecule has 0 bridgehead atoms. The summed E-state index contributed by atoms with van der Waals surface area (Å²) >= 11 is 0. The summed E-state index contributed by atoms with van der Waals surface area (Å²) in [5, 5.41) is 3.64. The van der Waals surface area contributed by atoms with Crippen molar-refractivity contribution in [1.29, 1.82) is 0 Å². The number of fused-ring (bicyclic) bond motifs is 2. The van der Waals surface area contributed by atoms with Crippen LogP contribution in [0.15, 0.2) is 23.0 Å². The molecular formula is C24H35N5O2. The van der Waals surface area contributed by atoms with Crippen molar-refractivity contribution >= 4 is 16.8 Å². The number of likely N-dealkylation sites (N-methyl/N-ethyl adjacent to an activating group) is 1. The second-order valence-corrected chi connectivity index (χ2v) is 8.77. The molecule has 168 valence electrons. The number of nitrogens with one attached hydrogen (secondary N) is 1. The Hall–Kier alpha value is -2.25. The highest BCUT2D eigenvalue weighted by atomic mass is 16.1. The molecule has 0 radical (unpaired) electrons. The average Bonchev–Trinajstić information content (AvgIpc) is 2.78. The van der Waals surface area contributed by atoms with Gasteiger partial charge in [-0.15, -0.1) is 0 Å². The number of hydrogen-bond donors (Lipinski definition) is 1. The van der Waals surface area contributed by atoms with E-state index in [1.807, 2.05) is 4.57 Å². The highest BCUT2D eigenvalue weighted by Gasteiger charge is 2.16.